The number of rotatable bonds is 7. The zero-order valence-corrected chi connectivity index (χ0v) is 31.5. The molecule has 0 spiro atoms. The molecule has 4 fully saturated rings. The van der Waals surface area contributed by atoms with E-state index >= 15 is 0 Å². The van der Waals surface area contributed by atoms with Crippen LogP contribution in [0.15, 0.2) is 79.0 Å². The molecule has 2 aromatic carbocycles. The minimum atomic E-state index is -1.02. The van der Waals surface area contributed by atoms with Gasteiger partial charge in [0.25, 0.3) is 11.8 Å². The minimum Gasteiger partial charge on any atom is -0.370 e. The maximum Gasteiger partial charge on any atom is 0.262 e. The van der Waals surface area contributed by atoms with Crippen molar-refractivity contribution in [2.24, 2.45) is 5.92 Å². The first-order valence-electron chi connectivity index (χ1n) is 19.7. The normalized spacial score (nSPS) is 21.2. The number of hydrogen-bond donors (Lipinski definition) is 1. The zero-order valence-electron chi connectivity index (χ0n) is 31.5. The Balaban J connectivity index is 0.769. The van der Waals surface area contributed by atoms with Crippen LogP contribution in [-0.2, 0) is 14.4 Å². The molecule has 0 saturated carbocycles. The summed E-state index contributed by atoms with van der Waals surface area (Å²) in [7, 11) is 0. The lowest BCUT2D eigenvalue weighted by Crippen LogP contribution is -2.58. The zero-order chi connectivity index (χ0) is 39.7. The van der Waals surface area contributed by atoms with Crippen molar-refractivity contribution < 1.29 is 28.4 Å². The number of imide groups is 2. The first-order chi connectivity index (χ1) is 28.2. The van der Waals surface area contributed by atoms with Crippen LogP contribution in [-0.4, -0.2) is 111 Å². The summed E-state index contributed by atoms with van der Waals surface area (Å²) < 4.78 is 15.9. The van der Waals surface area contributed by atoms with Crippen molar-refractivity contribution in [1.29, 1.82) is 0 Å². The molecule has 0 aliphatic carbocycles. The lowest BCUT2D eigenvalue weighted by atomic mass is 9.96. The van der Waals surface area contributed by atoms with Gasteiger partial charge in [-0.3, -0.25) is 34.2 Å². The van der Waals surface area contributed by atoms with Gasteiger partial charge in [0.1, 0.15) is 29.2 Å². The number of imidazole rings is 1. The second kappa shape index (κ2) is 14.0. The molecule has 0 bridgehead atoms. The number of piperazine rings is 1. The van der Waals surface area contributed by atoms with E-state index < -0.39 is 29.7 Å². The molecule has 58 heavy (non-hydrogen) atoms. The maximum absolute atomic E-state index is 14.1. The number of pyridine rings is 1. The van der Waals surface area contributed by atoms with Crippen molar-refractivity contribution >= 4 is 52.5 Å². The maximum atomic E-state index is 14.1. The number of nitrogens with one attached hydrogen (secondary N) is 1. The van der Waals surface area contributed by atoms with Crippen LogP contribution in [0.4, 0.5) is 21.7 Å². The largest absolute Gasteiger partial charge is 0.370 e. The molecule has 5 amide bonds. The van der Waals surface area contributed by atoms with Gasteiger partial charge in [0.15, 0.2) is 5.65 Å². The number of halogens is 1. The van der Waals surface area contributed by atoms with Crippen LogP contribution in [0.3, 0.4) is 0 Å². The Kier molecular flexibility index (Phi) is 8.64. The fourth-order valence-electron chi connectivity index (χ4n) is 8.95. The first-order valence-corrected chi connectivity index (χ1v) is 19.7. The highest BCUT2D eigenvalue weighted by Gasteiger charge is 2.45. The van der Waals surface area contributed by atoms with Crippen molar-refractivity contribution in [2.45, 2.75) is 37.8 Å². The third-order valence-electron chi connectivity index (χ3n) is 12.1. The van der Waals surface area contributed by atoms with Gasteiger partial charge in [0, 0.05) is 57.9 Å². The molecule has 10 rings (SSSR count). The predicted octanol–water partition coefficient (Wildman–Crippen LogP) is 3.46. The van der Waals surface area contributed by atoms with Crippen LogP contribution < -0.4 is 20.0 Å². The first kappa shape index (κ1) is 35.7. The molecule has 1 N–H and O–H groups in total. The summed E-state index contributed by atoms with van der Waals surface area (Å²) in [4.78, 5) is 82.9. The fourth-order valence-corrected chi connectivity index (χ4v) is 8.95. The lowest BCUT2D eigenvalue weighted by molar-refractivity contribution is -0.137. The molecule has 294 valence electrons. The topological polar surface area (TPSA) is 157 Å². The van der Waals surface area contributed by atoms with Crippen molar-refractivity contribution in [2.75, 3.05) is 60.5 Å². The molecule has 5 aliphatic heterocycles. The molecule has 3 aromatic heterocycles. The third-order valence-corrected chi connectivity index (χ3v) is 12.1. The second-order valence-corrected chi connectivity index (χ2v) is 15.5. The number of fused-ring (bicyclic) bond motifs is 2. The molecule has 16 heteroatoms. The number of piperidine rings is 1. The van der Waals surface area contributed by atoms with E-state index in [2.05, 4.69) is 20.1 Å². The second-order valence-electron chi connectivity index (χ2n) is 15.5. The van der Waals surface area contributed by atoms with Crippen LogP contribution in [0, 0.1) is 11.7 Å². The molecule has 4 saturated heterocycles. The molecule has 1 unspecified atom stereocenters. The Morgan fingerprint density at radius 1 is 0.776 bits per heavy atom. The van der Waals surface area contributed by atoms with Gasteiger partial charge >= 0.3 is 0 Å². The van der Waals surface area contributed by atoms with Gasteiger partial charge in [-0.15, -0.1) is 5.10 Å². The van der Waals surface area contributed by atoms with Crippen molar-refractivity contribution in [3.63, 3.8) is 0 Å². The van der Waals surface area contributed by atoms with Gasteiger partial charge < -0.3 is 19.6 Å². The minimum absolute atomic E-state index is 0.0363. The SMILES string of the molecule is O=C1CCC(N2C(=O)c3ccc(N4CC(C(=O)N5CCN(c6cccc(-c7cnc8ccc(N9CCC[C@@H]9c9cccc(F)c9)nn78)n6)CC5)C4)cc3C2=O)C(=O)N1. The number of benzene rings is 2. The molecule has 15 nitrogen and oxygen atoms in total. The Labute approximate surface area is 332 Å². The molecule has 8 heterocycles. The smallest absolute Gasteiger partial charge is 0.262 e. The molecule has 0 radical (unpaired) electrons. The number of hydrogen-bond acceptors (Lipinski definition) is 11. The van der Waals surface area contributed by atoms with Gasteiger partial charge in [-0.25, -0.2) is 18.9 Å². The summed E-state index contributed by atoms with van der Waals surface area (Å²) in [6.45, 7) is 4.13. The van der Waals surface area contributed by atoms with Crippen LogP contribution in [0.25, 0.3) is 17.0 Å². The van der Waals surface area contributed by atoms with E-state index in [1.165, 1.54) is 6.07 Å². The number of carbonyl (C=O) groups excluding carboxylic acids is 5. The lowest BCUT2D eigenvalue weighted by Gasteiger charge is -2.44. The monoisotopic (exact) mass is 782 g/mol. The third kappa shape index (κ3) is 6.10. The molecule has 5 aliphatic rings. The standard InChI is InChI=1S/C42H39FN10O5/c43-27-5-1-4-25(20-27)32-7-3-15-51(32)37-13-12-35-44-22-34(53(35)47-37)31-6-2-8-36(45-31)48-16-18-49(19-17-48)40(56)26-23-50(24-26)28-9-10-29-30(21-28)42(58)52(41(29)57)33-11-14-38(54)46-39(33)55/h1-2,4-6,8-10,12-13,20-22,26,32-33H,3,7,11,14-19,23-24H2,(H,46,54,55)/t32-,33?/m1/s1. The Bertz CT molecular complexity index is 2530. The summed E-state index contributed by atoms with van der Waals surface area (Å²) in [6, 6.07) is 20.6. The molecule has 2 atom stereocenters. The highest BCUT2D eigenvalue weighted by Crippen LogP contribution is 2.37. The highest BCUT2D eigenvalue weighted by atomic mass is 19.1. The number of amides is 5. The van der Waals surface area contributed by atoms with Crippen LogP contribution in [0.1, 0.15) is 58.0 Å². The van der Waals surface area contributed by atoms with Crippen LogP contribution in [0.2, 0.25) is 0 Å². The van der Waals surface area contributed by atoms with E-state index in [1.54, 1.807) is 36.5 Å². The summed E-state index contributed by atoms with van der Waals surface area (Å²) in [5, 5.41) is 7.21. The molecular formula is C42H39FN10O5. The average molecular weight is 783 g/mol. The van der Waals surface area contributed by atoms with E-state index in [4.69, 9.17) is 10.1 Å². The van der Waals surface area contributed by atoms with Crippen LogP contribution >= 0.6 is 0 Å². The highest BCUT2D eigenvalue weighted by molar-refractivity contribution is 6.23. The van der Waals surface area contributed by atoms with Gasteiger partial charge in [-0.05, 0) is 79.4 Å². The van der Waals surface area contributed by atoms with Crippen molar-refractivity contribution in [1.82, 2.24) is 34.7 Å². The Morgan fingerprint density at radius 2 is 1.59 bits per heavy atom. The number of nitrogens with zero attached hydrogens (tertiary/aromatic N) is 9. The summed E-state index contributed by atoms with van der Waals surface area (Å²) in [6.07, 6.45) is 3.83. The van der Waals surface area contributed by atoms with Crippen LogP contribution in [0.5, 0.6) is 0 Å². The van der Waals surface area contributed by atoms with Crippen molar-refractivity contribution in [3.05, 3.63) is 102 Å². The van der Waals surface area contributed by atoms with Gasteiger partial charge in [-0.2, -0.15) is 0 Å². The quantitative estimate of drug-likeness (QED) is 0.241. The van der Waals surface area contributed by atoms with E-state index in [1.807, 2.05) is 50.7 Å². The predicted molar refractivity (Wildman–Crippen MR) is 210 cm³/mol. The number of carbonyl (C=O) groups is 5. The molecular weight excluding hydrogens is 744 g/mol. The number of aromatic nitrogens is 4. The molecule has 5 aromatic rings. The van der Waals surface area contributed by atoms with E-state index in [9.17, 15) is 28.4 Å². The van der Waals surface area contributed by atoms with Crippen molar-refractivity contribution in [3.8, 4) is 11.4 Å². The average Bonchev–Trinajstić information content (AvgIpc) is 3.94. The summed E-state index contributed by atoms with van der Waals surface area (Å²) >= 11 is 0. The summed E-state index contributed by atoms with van der Waals surface area (Å²) in [5.74, 6) is -0.930. The fraction of sp³-hybridized carbons (Fsp3) is 0.333. The van der Waals surface area contributed by atoms with Gasteiger partial charge in [0.05, 0.1) is 35.0 Å². The van der Waals surface area contributed by atoms with E-state index in [-0.39, 0.29) is 47.7 Å². The van der Waals surface area contributed by atoms with Gasteiger partial charge in [-0.1, -0.05) is 18.2 Å². The number of anilines is 3. The Morgan fingerprint density at radius 3 is 2.40 bits per heavy atom. The van der Waals surface area contributed by atoms with E-state index in [0.717, 1.165) is 58.6 Å². The van der Waals surface area contributed by atoms with E-state index in [0.29, 0.717) is 44.9 Å². The van der Waals surface area contributed by atoms with Gasteiger partial charge in [0.2, 0.25) is 17.7 Å². The Hall–Kier alpha value is -6.71. The summed E-state index contributed by atoms with van der Waals surface area (Å²) in [5.41, 5.74) is 4.30.